The first-order valence-corrected chi connectivity index (χ1v) is 10.3. The minimum Gasteiger partial charge on any atom is -0.454 e. The SMILES string of the molecule is CCCCCNS(=O)(=O)c1cccc(C(=O)Nc2ccc3c(c2)OCO3)c1. The Bertz CT molecular complexity index is 927. The van der Waals surface area contributed by atoms with Crippen LogP contribution in [0.15, 0.2) is 47.4 Å². The second-order valence-electron chi connectivity index (χ2n) is 6.15. The van der Waals surface area contributed by atoms with Gasteiger partial charge in [0, 0.05) is 23.9 Å². The second-order valence-corrected chi connectivity index (χ2v) is 7.92. The zero-order chi connectivity index (χ0) is 19.3. The summed E-state index contributed by atoms with van der Waals surface area (Å²) in [7, 11) is -3.64. The van der Waals surface area contributed by atoms with Gasteiger partial charge in [-0.3, -0.25) is 4.79 Å². The third-order valence-electron chi connectivity index (χ3n) is 4.11. The summed E-state index contributed by atoms with van der Waals surface area (Å²) in [5, 5.41) is 2.74. The van der Waals surface area contributed by atoms with Crippen LogP contribution in [0.1, 0.15) is 36.5 Å². The van der Waals surface area contributed by atoms with Gasteiger partial charge in [-0.15, -0.1) is 0 Å². The zero-order valence-corrected chi connectivity index (χ0v) is 15.8. The van der Waals surface area contributed by atoms with Crippen LogP contribution in [-0.2, 0) is 10.0 Å². The number of carbonyl (C=O) groups is 1. The fourth-order valence-corrected chi connectivity index (χ4v) is 3.77. The van der Waals surface area contributed by atoms with Crippen molar-refractivity contribution in [1.82, 2.24) is 4.72 Å². The summed E-state index contributed by atoms with van der Waals surface area (Å²) >= 11 is 0. The Kier molecular flexibility index (Phi) is 5.98. The molecule has 2 aromatic rings. The Labute approximate surface area is 158 Å². The zero-order valence-electron chi connectivity index (χ0n) is 15.0. The highest BCUT2D eigenvalue weighted by molar-refractivity contribution is 7.89. The van der Waals surface area contributed by atoms with E-state index in [-0.39, 0.29) is 17.3 Å². The highest BCUT2D eigenvalue weighted by Gasteiger charge is 2.17. The molecule has 2 aromatic carbocycles. The largest absolute Gasteiger partial charge is 0.454 e. The van der Waals surface area contributed by atoms with Crippen LogP contribution in [0, 0.1) is 0 Å². The number of nitrogens with one attached hydrogen (secondary N) is 2. The highest BCUT2D eigenvalue weighted by Crippen LogP contribution is 2.34. The van der Waals surface area contributed by atoms with Crippen molar-refractivity contribution >= 4 is 21.6 Å². The average molecular weight is 390 g/mol. The lowest BCUT2D eigenvalue weighted by Crippen LogP contribution is -2.25. The minimum atomic E-state index is -3.64. The molecule has 1 amide bonds. The molecule has 7 nitrogen and oxygen atoms in total. The molecule has 0 saturated heterocycles. The van der Waals surface area contributed by atoms with E-state index in [1.807, 2.05) is 0 Å². The number of benzene rings is 2. The van der Waals surface area contributed by atoms with Crippen molar-refractivity contribution in [3.05, 3.63) is 48.0 Å². The van der Waals surface area contributed by atoms with Crippen molar-refractivity contribution in [1.29, 1.82) is 0 Å². The molecular formula is C19H22N2O5S. The van der Waals surface area contributed by atoms with Crippen LogP contribution >= 0.6 is 0 Å². The van der Waals surface area contributed by atoms with Gasteiger partial charge in [0.25, 0.3) is 5.91 Å². The number of unbranched alkanes of at least 4 members (excludes halogenated alkanes) is 2. The Balaban J connectivity index is 1.70. The Morgan fingerprint density at radius 2 is 1.89 bits per heavy atom. The predicted molar refractivity (Wildman–Crippen MR) is 102 cm³/mol. The number of hydrogen-bond donors (Lipinski definition) is 2. The van der Waals surface area contributed by atoms with Gasteiger partial charge in [0.15, 0.2) is 11.5 Å². The molecule has 1 heterocycles. The summed E-state index contributed by atoms with van der Waals surface area (Å²) in [6.07, 6.45) is 2.75. The molecule has 0 fully saturated rings. The summed E-state index contributed by atoms with van der Waals surface area (Å²) in [6, 6.07) is 11.0. The lowest BCUT2D eigenvalue weighted by atomic mass is 10.2. The van der Waals surface area contributed by atoms with E-state index >= 15 is 0 Å². The van der Waals surface area contributed by atoms with Gasteiger partial charge in [0.05, 0.1) is 4.90 Å². The standard InChI is InChI=1S/C19H22N2O5S/c1-2-3-4-10-20-27(23,24)16-7-5-6-14(11-16)19(22)21-15-8-9-17-18(12-15)26-13-25-17/h5-9,11-12,20H,2-4,10,13H2,1H3,(H,21,22). The first kappa shape index (κ1) is 19.2. The molecule has 0 saturated carbocycles. The lowest BCUT2D eigenvalue weighted by Gasteiger charge is -2.09. The minimum absolute atomic E-state index is 0.0670. The van der Waals surface area contributed by atoms with Crippen molar-refractivity contribution in [2.45, 2.75) is 31.1 Å². The van der Waals surface area contributed by atoms with E-state index in [0.29, 0.717) is 23.7 Å². The molecule has 0 bridgehead atoms. The molecule has 144 valence electrons. The molecular weight excluding hydrogens is 368 g/mol. The molecule has 3 rings (SSSR count). The maximum absolute atomic E-state index is 12.5. The summed E-state index contributed by atoms with van der Waals surface area (Å²) in [4.78, 5) is 12.6. The normalized spacial score (nSPS) is 12.8. The van der Waals surface area contributed by atoms with Crippen LogP contribution in [0.5, 0.6) is 11.5 Å². The molecule has 1 aliphatic heterocycles. The number of rotatable bonds is 8. The van der Waals surface area contributed by atoms with Crippen molar-refractivity contribution in [3.8, 4) is 11.5 Å². The van der Waals surface area contributed by atoms with E-state index in [9.17, 15) is 13.2 Å². The monoisotopic (exact) mass is 390 g/mol. The third kappa shape index (κ3) is 4.78. The first-order valence-electron chi connectivity index (χ1n) is 8.80. The van der Waals surface area contributed by atoms with Crippen LogP contribution in [0.4, 0.5) is 5.69 Å². The van der Waals surface area contributed by atoms with Crippen molar-refractivity contribution in [2.24, 2.45) is 0 Å². The quantitative estimate of drug-likeness (QED) is 0.676. The molecule has 27 heavy (non-hydrogen) atoms. The average Bonchev–Trinajstić information content (AvgIpc) is 3.13. The van der Waals surface area contributed by atoms with E-state index < -0.39 is 15.9 Å². The fraction of sp³-hybridized carbons (Fsp3) is 0.316. The smallest absolute Gasteiger partial charge is 0.255 e. The molecule has 0 spiro atoms. The lowest BCUT2D eigenvalue weighted by molar-refractivity contribution is 0.102. The van der Waals surface area contributed by atoms with Gasteiger partial charge in [-0.2, -0.15) is 0 Å². The van der Waals surface area contributed by atoms with E-state index in [1.54, 1.807) is 30.3 Å². The van der Waals surface area contributed by atoms with Gasteiger partial charge in [-0.1, -0.05) is 25.8 Å². The predicted octanol–water partition coefficient (Wildman–Crippen LogP) is 3.14. The van der Waals surface area contributed by atoms with Gasteiger partial charge in [0.1, 0.15) is 0 Å². The summed E-state index contributed by atoms with van der Waals surface area (Å²) in [5.74, 6) is 0.771. The van der Waals surface area contributed by atoms with Crippen molar-refractivity contribution in [2.75, 3.05) is 18.7 Å². The topological polar surface area (TPSA) is 93.7 Å². The van der Waals surface area contributed by atoms with Gasteiger partial charge < -0.3 is 14.8 Å². The summed E-state index contributed by atoms with van der Waals surface area (Å²) in [5.41, 5.74) is 0.791. The first-order chi connectivity index (χ1) is 13.0. The third-order valence-corrected chi connectivity index (χ3v) is 5.57. The molecule has 0 radical (unpaired) electrons. The molecule has 8 heteroatoms. The van der Waals surface area contributed by atoms with Crippen molar-refractivity contribution < 1.29 is 22.7 Å². The van der Waals surface area contributed by atoms with Crippen LogP contribution in [0.3, 0.4) is 0 Å². The molecule has 0 unspecified atom stereocenters. The highest BCUT2D eigenvalue weighted by atomic mass is 32.2. The van der Waals surface area contributed by atoms with Gasteiger partial charge >= 0.3 is 0 Å². The molecule has 0 aliphatic carbocycles. The Morgan fingerprint density at radius 3 is 2.70 bits per heavy atom. The van der Waals surface area contributed by atoms with Crippen LogP contribution in [0.25, 0.3) is 0 Å². The number of fused-ring (bicyclic) bond motifs is 1. The Hall–Kier alpha value is -2.58. The van der Waals surface area contributed by atoms with E-state index in [4.69, 9.17) is 9.47 Å². The number of amides is 1. The van der Waals surface area contributed by atoms with E-state index in [0.717, 1.165) is 19.3 Å². The number of anilines is 1. The maximum atomic E-state index is 12.5. The van der Waals surface area contributed by atoms with Gasteiger partial charge in [-0.25, -0.2) is 13.1 Å². The fourth-order valence-electron chi connectivity index (χ4n) is 2.65. The second kappa shape index (κ2) is 8.41. The molecule has 1 aliphatic rings. The number of ether oxygens (including phenoxy) is 2. The van der Waals surface area contributed by atoms with Gasteiger partial charge in [0.2, 0.25) is 16.8 Å². The summed E-state index contributed by atoms with van der Waals surface area (Å²) in [6.45, 7) is 2.58. The van der Waals surface area contributed by atoms with Crippen LogP contribution in [-0.4, -0.2) is 27.7 Å². The maximum Gasteiger partial charge on any atom is 0.255 e. The van der Waals surface area contributed by atoms with Crippen LogP contribution < -0.4 is 19.5 Å². The van der Waals surface area contributed by atoms with E-state index in [2.05, 4.69) is 17.0 Å². The van der Waals surface area contributed by atoms with Crippen molar-refractivity contribution in [3.63, 3.8) is 0 Å². The van der Waals surface area contributed by atoms with Crippen LogP contribution in [0.2, 0.25) is 0 Å². The Morgan fingerprint density at radius 1 is 1.07 bits per heavy atom. The number of sulfonamides is 1. The summed E-state index contributed by atoms with van der Waals surface area (Å²) < 4.78 is 37.8. The number of hydrogen-bond acceptors (Lipinski definition) is 5. The van der Waals surface area contributed by atoms with E-state index in [1.165, 1.54) is 12.1 Å². The van der Waals surface area contributed by atoms with Gasteiger partial charge in [-0.05, 0) is 36.8 Å². The molecule has 2 N–H and O–H groups in total. The molecule has 0 aromatic heterocycles. The molecule has 0 atom stereocenters. The number of carbonyl (C=O) groups excluding carboxylic acids is 1.